The third kappa shape index (κ3) is 2.63. The molecule has 1 aromatic rings. The number of hydrogen-bond donors (Lipinski definition) is 4. The maximum atomic E-state index is 10.9. The highest BCUT2D eigenvalue weighted by Crippen LogP contribution is 2.19. The first-order chi connectivity index (χ1) is 7.41. The zero-order chi connectivity index (χ0) is 12.3. The van der Waals surface area contributed by atoms with Gasteiger partial charge in [0.1, 0.15) is 6.04 Å². The predicted molar refractivity (Wildman–Crippen MR) is 60.1 cm³/mol. The maximum Gasteiger partial charge on any atom is 0.337 e. The van der Waals surface area contributed by atoms with Crippen molar-refractivity contribution in [3.8, 4) is 0 Å². The van der Waals surface area contributed by atoms with E-state index in [1.54, 1.807) is 13.0 Å². The van der Waals surface area contributed by atoms with Crippen LogP contribution in [-0.4, -0.2) is 23.0 Å². The van der Waals surface area contributed by atoms with Gasteiger partial charge in [0.25, 0.3) is 0 Å². The molecule has 86 valence electrons. The molecule has 0 bridgehead atoms. The number of aromatic carboxylic acids is 1. The molecule has 1 amide bonds. The van der Waals surface area contributed by atoms with E-state index in [2.05, 4.69) is 5.32 Å². The number of anilines is 2. The fraction of sp³-hybridized carbons (Fsp3) is 0.200. The molecule has 16 heavy (non-hydrogen) atoms. The molecule has 1 atom stereocenters. The molecular formula is C10H13N3O3. The molecule has 0 radical (unpaired) electrons. The van der Waals surface area contributed by atoms with E-state index in [0.29, 0.717) is 11.4 Å². The van der Waals surface area contributed by atoms with Crippen molar-refractivity contribution < 1.29 is 14.7 Å². The summed E-state index contributed by atoms with van der Waals surface area (Å²) in [5, 5.41) is 11.6. The lowest BCUT2D eigenvalue weighted by molar-refractivity contribution is -0.118. The first-order valence-electron chi connectivity index (χ1n) is 4.60. The van der Waals surface area contributed by atoms with Gasteiger partial charge in [0, 0.05) is 11.4 Å². The number of nitrogen functional groups attached to an aromatic ring is 1. The second-order valence-electron chi connectivity index (χ2n) is 3.38. The summed E-state index contributed by atoms with van der Waals surface area (Å²) in [6.45, 7) is 1.55. The Morgan fingerprint density at radius 1 is 1.44 bits per heavy atom. The number of carbonyl (C=O) groups excluding carboxylic acids is 1. The van der Waals surface area contributed by atoms with Crippen LogP contribution < -0.4 is 16.8 Å². The van der Waals surface area contributed by atoms with Gasteiger partial charge in [-0.25, -0.2) is 4.79 Å². The molecule has 1 rings (SSSR count). The SMILES string of the molecule is CC(Nc1ccc(N)cc1C(=O)O)C(N)=O. The van der Waals surface area contributed by atoms with Gasteiger partial charge < -0.3 is 21.9 Å². The lowest BCUT2D eigenvalue weighted by Gasteiger charge is -2.14. The Hall–Kier alpha value is -2.24. The second kappa shape index (κ2) is 4.52. The topological polar surface area (TPSA) is 118 Å². The van der Waals surface area contributed by atoms with Gasteiger partial charge in [0.2, 0.25) is 5.91 Å². The van der Waals surface area contributed by atoms with Crippen LogP contribution in [0.15, 0.2) is 18.2 Å². The summed E-state index contributed by atoms with van der Waals surface area (Å²) in [6, 6.07) is 3.71. The molecule has 1 unspecified atom stereocenters. The van der Waals surface area contributed by atoms with Crippen molar-refractivity contribution in [2.75, 3.05) is 11.1 Å². The molecular weight excluding hydrogens is 210 g/mol. The number of benzene rings is 1. The van der Waals surface area contributed by atoms with Crippen LogP contribution in [-0.2, 0) is 4.79 Å². The van der Waals surface area contributed by atoms with Crippen LogP contribution in [0.5, 0.6) is 0 Å². The Kier molecular flexibility index (Phi) is 3.34. The fourth-order valence-electron chi connectivity index (χ4n) is 1.17. The highest BCUT2D eigenvalue weighted by Gasteiger charge is 2.14. The van der Waals surface area contributed by atoms with Crippen molar-refractivity contribution >= 4 is 23.3 Å². The number of nitrogens with one attached hydrogen (secondary N) is 1. The number of primary amides is 1. The third-order valence-electron chi connectivity index (χ3n) is 2.07. The lowest BCUT2D eigenvalue weighted by atomic mass is 10.1. The van der Waals surface area contributed by atoms with E-state index in [4.69, 9.17) is 16.6 Å². The van der Waals surface area contributed by atoms with Crippen LogP contribution in [0.25, 0.3) is 0 Å². The molecule has 0 aromatic heterocycles. The standard InChI is InChI=1S/C10H13N3O3/c1-5(9(12)14)13-8-3-2-6(11)4-7(8)10(15)16/h2-5,13H,11H2,1H3,(H2,12,14)(H,15,16). The van der Waals surface area contributed by atoms with E-state index in [-0.39, 0.29) is 5.56 Å². The van der Waals surface area contributed by atoms with E-state index < -0.39 is 17.9 Å². The average Bonchev–Trinajstić information content (AvgIpc) is 2.20. The van der Waals surface area contributed by atoms with Crippen LogP contribution >= 0.6 is 0 Å². The first kappa shape index (κ1) is 11.8. The van der Waals surface area contributed by atoms with Gasteiger partial charge in [-0.1, -0.05) is 0 Å². The first-order valence-corrected chi connectivity index (χ1v) is 4.60. The third-order valence-corrected chi connectivity index (χ3v) is 2.07. The quantitative estimate of drug-likeness (QED) is 0.546. The van der Waals surface area contributed by atoms with E-state index in [1.165, 1.54) is 12.1 Å². The summed E-state index contributed by atoms with van der Waals surface area (Å²) in [5.74, 6) is -1.68. The van der Waals surface area contributed by atoms with Crippen LogP contribution in [0.2, 0.25) is 0 Å². The van der Waals surface area contributed by atoms with Gasteiger partial charge in [-0.05, 0) is 25.1 Å². The molecule has 0 aliphatic heterocycles. The van der Waals surface area contributed by atoms with Gasteiger partial charge in [-0.3, -0.25) is 4.79 Å². The minimum atomic E-state index is -1.12. The molecule has 6 nitrogen and oxygen atoms in total. The number of carboxylic acids is 1. The summed E-state index contributed by atoms with van der Waals surface area (Å²) in [7, 11) is 0. The summed E-state index contributed by atoms with van der Waals surface area (Å²) in [5.41, 5.74) is 11.2. The maximum absolute atomic E-state index is 10.9. The summed E-state index contributed by atoms with van der Waals surface area (Å²) < 4.78 is 0. The van der Waals surface area contributed by atoms with Crippen LogP contribution in [0, 0.1) is 0 Å². The number of rotatable bonds is 4. The second-order valence-corrected chi connectivity index (χ2v) is 3.38. The van der Waals surface area contributed by atoms with Crippen LogP contribution in [0.3, 0.4) is 0 Å². The molecule has 0 heterocycles. The zero-order valence-corrected chi connectivity index (χ0v) is 8.73. The molecule has 0 saturated heterocycles. The number of amides is 1. The van der Waals surface area contributed by atoms with Crippen molar-refractivity contribution in [1.29, 1.82) is 0 Å². The number of carbonyl (C=O) groups is 2. The summed E-state index contributed by atoms with van der Waals surface area (Å²) in [4.78, 5) is 21.8. The molecule has 6 heteroatoms. The number of hydrogen-bond acceptors (Lipinski definition) is 4. The Morgan fingerprint density at radius 2 is 2.06 bits per heavy atom. The minimum Gasteiger partial charge on any atom is -0.478 e. The van der Waals surface area contributed by atoms with Gasteiger partial charge in [-0.2, -0.15) is 0 Å². The number of carboxylic acid groups (broad SMARTS) is 1. The van der Waals surface area contributed by atoms with Crippen LogP contribution in [0.4, 0.5) is 11.4 Å². The van der Waals surface area contributed by atoms with Crippen LogP contribution in [0.1, 0.15) is 17.3 Å². The Balaban J connectivity index is 3.04. The van der Waals surface area contributed by atoms with E-state index >= 15 is 0 Å². The normalized spacial score (nSPS) is 11.8. The Morgan fingerprint density at radius 3 is 2.56 bits per heavy atom. The van der Waals surface area contributed by atoms with Crippen molar-refractivity contribution in [1.82, 2.24) is 0 Å². The molecule has 1 aromatic carbocycles. The van der Waals surface area contributed by atoms with E-state index in [1.807, 2.05) is 0 Å². The molecule has 0 spiro atoms. The molecule has 0 aliphatic carbocycles. The highest BCUT2D eigenvalue weighted by atomic mass is 16.4. The Bertz CT molecular complexity index is 431. The van der Waals surface area contributed by atoms with E-state index in [9.17, 15) is 9.59 Å². The van der Waals surface area contributed by atoms with Crippen molar-refractivity contribution in [3.63, 3.8) is 0 Å². The molecule has 0 aliphatic rings. The zero-order valence-electron chi connectivity index (χ0n) is 8.73. The highest BCUT2D eigenvalue weighted by molar-refractivity contribution is 5.96. The smallest absolute Gasteiger partial charge is 0.337 e. The summed E-state index contributed by atoms with van der Waals surface area (Å²) >= 11 is 0. The molecule has 0 fully saturated rings. The predicted octanol–water partition coefficient (Wildman–Crippen LogP) is 0.253. The molecule has 6 N–H and O–H groups in total. The average molecular weight is 223 g/mol. The minimum absolute atomic E-state index is 0.00750. The molecule has 0 saturated carbocycles. The van der Waals surface area contributed by atoms with Gasteiger partial charge >= 0.3 is 5.97 Å². The van der Waals surface area contributed by atoms with Gasteiger partial charge in [0.05, 0.1) is 5.56 Å². The lowest BCUT2D eigenvalue weighted by Crippen LogP contribution is -2.33. The largest absolute Gasteiger partial charge is 0.478 e. The van der Waals surface area contributed by atoms with Gasteiger partial charge in [0.15, 0.2) is 0 Å². The summed E-state index contributed by atoms with van der Waals surface area (Å²) in [6.07, 6.45) is 0. The van der Waals surface area contributed by atoms with Crippen molar-refractivity contribution in [2.24, 2.45) is 5.73 Å². The van der Waals surface area contributed by atoms with Gasteiger partial charge in [-0.15, -0.1) is 0 Å². The monoisotopic (exact) mass is 223 g/mol. The van der Waals surface area contributed by atoms with Crippen molar-refractivity contribution in [2.45, 2.75) is 13.0 Å². The fourth-order valence-corrected chi connectivity index (χ4v) is 1.17. The van der Waals surface area contributed by atoms with E-state index in [0.717, 1.165) is 0 Å². The van der Waals surface area contributed by atoms with Crippen molar-refractivity contribution in [3.05, 3.63) is 23.8 Å². The number of nitrogens with two attached hydrogens (primary N) is 2. The Labute approximate surface area is 92.2 Å².